The van der Waals surface area contributed by atoms with E-state index in [0.717, 1.165) is 11.8 Å². The van der Waals surface area contributed by atoms with E-state index in [2.05, 4.69) is 0 Å². The first-order chi connectivity index (χ1) is 4.86. The van der Waals surface area contributed by atoms with Gasteiger partial charge in [0.2, 0.25) is 0 Å². The van der Waals surface area contributed by atoms with Crippen LogP contribution < -0.4 is 5.73 Å². The van der Waals surface area contributed by atoms with Crippen molar-refractivity contribution >= 4 is 12.4 Å². The Morgan fingerprint density at radius 1 is 0.909 bits per heavy atom. The molecule has 2 atom stereocenters. The number of hydrogen-bond acceptors (Lipinski definition) is 1. The Hall–Kier alpha value is 0.250. The van der Waals surface area contributed by atoms with Crippen molar-refractivity contribution in [3.63, 3.8) is 0 Å². The predicted octanol–water partition coefficient (Wildman–Crippen LogP) is 2.34. The molecular weight excluding hydrogens is 158 g/mol. The van der Waals surface area contributed by atoms with Gasteiger partial charge in [-0.3, -0.25) is 0 Å². The van der Waals surface area contributed by atoms with Gasteiger partial charge in [0.1, 0.15) is 0 Å². The van der Waals surface area contributed by atoms with Crippen LogP contribution >= 0.6 is 12.4 Å². The van der Waals surface area contributed by atoms with Crippen LogP contribution in [0.2, 0.25) is 0 Å². The highest BCUT2D eigenvalue weighted by atomic mass is 35.5. The summed E-state index contributed by atoms with van der Waals surface area (Å²) in [4.78, 5) is 0. The van der Waals surface area contributed by atoms with Gasteiger partial charge in [-0.25, -0.2) is 0 Å². The van der Waals surface area contributed by atoms with Crippen LogP contribution in [0.4, 0.5) is 0 Å². The molecule has 2 aliphatic rings. The lowest BCUT2D eigenvalue weighted by molar-refractivity contribution is 0.292. The van der Waals surface area contributed by atoms with Gasteiger partial charge < -0.3 is 5.73 Å². The summed E-state index contributed by atoms with van der Waals surface area (Å²) in [5, 5.41) is 0. The third kappa shape index (κ3) is 2.34. The van der Waals surface area contributed by atoms with Crippen molar-refractivity contribution in [3.8, 4) is 0 Å². The average Bonchev–Trinajstić information content (AvgIpc) is 2.68. The zero-order chi connectivity index (χ0) is 6.97. The molecule has 0 aromatic heterocycles. The summed E-state index contributed by atoms with van der Waals surface area (Å²) in [5.41, 5.74) is 5.89. The van der Waals surface area contributed by atoms with E-state index in [1.54, 1.807) is 0 Å². The Balaban J connectivity index is 0.000000605. The van der Waals surface area contributed by atoms with Crippen molar-refractivity contribution < 1.29 is 0 Å². The molecule has 1 nitrogen and oxygen atoms in total. The van der Waals surface area contributed by atoms with Crippen molar-refractivity contribution in [2.24, 2.45) is 17.6 Å². The second-order valence-electron chi connectivity index (χ2n) is 4.02. The maximum atomic E-state index is 5.89. The molecule has 66 valence electrons. The standard InChI is InChI=1S/C9H17N.ClH/c10-9-3-1-2-8(6-9)7-4-5-7;/h7-9H,1-6,10H2;1H/t8-,9+;/m1./s1. The fraction of sp³-hybridized carbons (Fsp3) is 1.00. The average molecular weight is 176 g/mol. The highest BCUT2D eigenvalue weighted by Gasteiger charge is 2.33. The summed E-state index contributed by atoms with van der Waals surface area (Å²) in [5.74, 6) is 2.11. The summed E-state index contributed by atoms with van der Waals surface area (Å²) >= 11 is 0. The van der Waals surface area contributed by atoms with E-state index < -0.39 is 0 Å². The first kappa shape index (κ1) is 9.34. The Bertz CT molecular complexity index is 123. The topological polar surface area (TPSA) is 26.0 Å². The van der Waals surface area contributed by atoms with Gasteiger partial charge in [0, 0.05) is 6.04 Å². The lowest BCUT2D eigenvalue weighted by atomic mass is 9.83. The lowest BCUT2D eigenvalue weighted by Crippen LogP contribution is -2.28. The van der Waals surface area contributed by atoms with Crippen molar-refractivity contribution in [1.29, 1.82) is 0 Å². The molecule has 2 saturated carbocycles. The molecule has 0 spiro atoms. The first-order valence-corrected chi connectivity index (χ1v) is 4.62. The van der Waals surface area contributed by atoms with Crippen molar-refractivity contribution in [2.75, 3.05) is 0 Å². The van der Waals surface area contributed by atoms with Gasteiger partial charge in [-0.2, -0.15) is 0 Å². The van der Waals surface area contributed by atoms with Gasteiger partial charge in [-0.15, -0.1) is 12.4 Å². The van der Waals surface area contributed by atoms with E-state index in [0.29, 0.717) is 6.04 Å². The second kappa shape index (κ2) is 3.77. The molecule has 2 aliphatic carbocycles. The molecular formula is C9H18ClN. The molecule has 0 aromatic rings. The van der Waals surface area contributed by atoms with Crippen LogP contribution in [-0.4, -0.2) is 6.04 Å². The van der Waals surface area contributed by atoms with Gasteiger partial charge in [0.25, 0.3) is 0 Å². The summed E-state index contributed by atoms with van der Waals surface area (Å²) in [6.45, 7) is 0. The van der Waals surface area contributed by atoms with Crippen LogP contribution in [0.1, 0.15) is 38.5 Å². The third-order valence-corrected chi connectivity index (χ3v) is 3.04. The van der Waals surface area contributed by atoms with Gasteiger partial charge >= 0.3 is 0 Å². The van der Waals surface area contributed by atoms with E-state index >= 15 is 0 Å². The number of hydrogen-bond donors (Lipinski definition) is 1. The fourth-order valence-electron chi connectivity index (χ4n) is 2.26. The monoisotopic (exact) mass is 175 g/mol. The van der Waals surface area contributed by atoms with Crippen LogP contribution in [0, 0.1) is 11.8 Å². The Labute approximate surface area is 75.1 Å². The van der Waals surface area contributed by atoms with Crippen LogP contribution in [0.25, 0.3) is 0 Å². The molecule has 0 aromatic carbocycles. The first-order valence-electron chi connectivity index (χ1n) is 4.62. The van der Waals surface area contributed by atoms with Gasteiger partial charge in [0.15, 0.2) is 0 Å². The van der Waals surface area contributed by atoms with E-state index in [9.17, 15) is 0 Å². The SMILES string of the molecule is Cl.N[C@H]1CCC[C@@H](C2CC2)C1. The molecule has 0 aliphatic heterocycles. The zero-order valence-corrected chi connectivity index (χ0v) is 7.78. The summed E-state index contributed by atoms with van der Waals surface area (Å²) in [7, 11) is 0. The van der Waals surface area contributed by atoms with Crippen LogP contribution in [0.5, 0.6) is 0 Å². The number of rotatable bonds is 1. The number of nitrogens with two attached hydrogens (primary N) is 1. The largest absolute Gasteiger partial charge is 0.328 e. The highest BCUT2D eigenvalue weighted by Crippen LogP contribution is 2.43. The Kier molecular flexibility index (Phi) is 3.20. The summed E-state index contributed by atoms with van der Waals surface area (Å²) < 4.78 is 0. The van der Waals surface area contributed by atoms with E-state index in [1.807, 2.05) is 0 Å². The minimum atomic E-state index is 0. The Morgan fingerprint density at radius 2 is 1.64 bits per heavy atom. The molecule has 0 bridgehead atoms. The van der Waals surface area contributed by atoms with Gasteiger partial charge in [0.05, 0.1) is 0 Å². The molecule has 0 amide bonds. The predicted molar refractivity (Wildman–Crippen MR) is 49.9 cm³/mol. The number of halogens is 1. The van der Waals surface area contributed by atoms with E-state index in [-0.39, 0.29) is 12.4 Å². The van der Waals surface area contributed by atoms with E-state index in [4.69, 9.17) is 5.73 Å². The maximum Gasteiger partial charge on any atom is 0.00415 e. The highest BCUT2D eigenvalue weighted by molar-refractivity contribution is 5.85. The molecule has 0 radical (unpaired) electrons. The molecule has 2 rings (SSSR count). The van der Waals surface area contributed by atoms with Crippen molar-refractivity contribution in [3.05, 3.63) is 0 Å². The lowest BCUT2D eigenvalue weighted by Gasteiger charge is -2.26. The summed E-state index contributed by atoms with van der Waals surface area (Å²) in [6, 6.07) is 0.541. The van der Waals surface area contributed by atoms with Crippen molar-refractivity contribution in [1.82, 2.24) is 0 Å². The Morgan fingerprint density at radius 3 is 2.18 bits per heavy atom. The second-order valence-corrected chi connectivity index (χ2v) is 4.02. The fourth-order valence-corrected chi connectivity index (χ4v) is 2.26. The maximum absolute atomic E-state index is 5.89. The molecule has 0 heterocycles. The quantitative estimate of drug-likeness (QED) is 0.651. The molecule has 0 unspecified atom stereocenters. The zero-order valence-electron chi connectivity index (χ0n) is 6.96. The van der Waals surface area contributed by atoms with Crippen LogP contribution in [0.15, 0.2) is 0 Å². The third-order valence-electron chi connectivity index (χ3n) is 3.04. The smallest absolute Gasteiger partial charge is 0.00415 e. The van der Waals surface area contributed by atoms with Crippen LogP contribution in [0.3, 0.4) is 0 Å². The van der Waals surface area contributed by atoms with Gasteiger partial charge in [-0.1, -0.05) is 12.8 Å². The summed E-state index contributed by atoms with van der Waals surface area (Å²) in [6.07, 6.45) is 8.46. The molecule has 0 saturated heterocycles. The minimum Gasteiger partial charge on any atom is -0.328 e. The molecule has 2 heteroatoms. The van der Waals surface area contributed by atoms with E-state index in [1.165, 1.54) is 38.5 Å². The normalized spacial score (nSPS) is 37.9. The minimum absolute atomic E-state index is 0. The molecule has 2 fully saturated rings. The van der Waals surface area contributed by atoms with Crippen molar-refractivity contribution in [2.45, 2.75) is 44.6 Å². The molecule has 11 heavy (non-hydrogen) atoms. The van der Waals surface area contributed by atoms with Gasteiger partial charge in [-0.05, 0) is 37.5 Å². The molecule has 2 N–H and O–H groups in total. The van der Waals surface area contributed by atoms with Crippen LogP contribution in [-0.2, 0) is 0 Å².